The van der Waals surface area contributed by atoms with Crippen LogP contribution in [0.15, 0.2) is 18.2 Å². The summed E-state index contributed by atoms with van der Waals surface area (Å²) in [4.78, 5) is 0. The van der Waals surface area contributed by atoms with Gasteiger partial charge in [0.1, 0.15) is 5.75 Å². The summed E-state index contributed by atoms with van der Waals surface area (Å²) < 4.78 is 23.7. The van der Waals surface area contributed by atoms with Crippen LogP contribution in [0.2, 0.25) is 0 Å². The molecule has 0 saturated heterocycles. The Labute approximate surface area is 89.0 Å². The van der Waals surface area contributed by atoms with Crippen LogP contribution in [0, 0.1) is 5.82 Å². The summed E-state index contributed by atoms with van der Waals surface area (Å²) in [7, 11) is 0. The zero-order chi connectivity index (χ0) is 11.1. The molecule has 0 aromatic heterocycles. The van der Waals surface area contributed by atoms with Gasteiger partial charge in [-0.15, -0.1) is 0 Å². The Balaban J connectivity index is 2.56. The molecule has 1 aromatic rings. The molecule has 0 aliphatic rings. The van der Waals surface area contributed by atoms with Crippen LogP contribution in [0.1, 0.15) is 13.3 Å². The Morgan fingerprint density at radius 2 is 2.13 bits per heavy atom. The van der Waals surface area contributed by atoms with Gasteiger partial charge in [0, 0.05) is 6.07 Å². The third kappa shape index (κ3) is 3.75. The summed E-state index contributed by atoms with van der Waals surface area (Å²) in [6.45, 7) is 3.33. The fraction of sp³-hybridized carbons (Fsp3) is 0.455. The fourth-order valence-corrected chi connectivity index (χ4v) is 1.12. The van der Waals surface area contributed by atoms with Crippen LogP contribution in [0.25, 0.3) is 0 Å². The van der Waals surface area contributed by atoms with Gasteiger partial charge in [0.2, 0.25) is 0 Å². The van der Waals surface area contributed by atoms with E-state index in [0.29, 0.717) is 25.5 Å². The van der Waals surface area contributed by atoms with Gasteiger partial charge in [-0.25, -0.2) is 4.39 Å². The predicted octanol–water partition coefficient (Wildman–Crippen LogP) is 1.95. The highest BCUT2D eigenvalue weighted by Gasteiger charge is 2.04. The maximum absolute atomic E-state index is 13.3. The third-order valence-corrected chi connectivity index (χ3v) is 1.82. The van der Waals surface area contributed by atoms with Gasteiger partial charge < -0.3 is 15.2 Å². The molecule has 0 saturated carbocycles. The topological polar surface area (TPSA) is 44.5 Å². The van der Waals surface area contributed by atoms with E-state index in [1.807, 2.05) is 6.92 Å². The number of hydrogen-bond acceptors (Lipinski definition) is 3. The van der Waals surface area contributed by atoms with E-state index in [0.717, 1.165) is 6.42 Å². The van der Waals surface area contributed by atoms with Gasteiger partial charge in [0.05, 0.1) is 13.2 Å². The molecule has 0 aliphatic heterocycles. The SMILES string of the molecule is CCOc1ccc(OCCCN)cc1F. The summed E-state index contributed by atoms with van der Waals surface area (Å²) >= 11 is 0. The molecule has 1 aromatic carbocycles. The summed E-state index contributed by atoms with van der Waals surface area (Å²) in [5, 5.41) is 0. The highest BCUT2D eigenvalue weighted by atomic mass is 19.1. The van der Waals surface area contributed by atoms with E-state index >= 15 is 0 Å². The second kappa shape index (κ2) is 6.24. The maximum atomic E-state index is 13.3. The van der Waals surface area contributed by atoms with Crippen molar-refractivity contribution in [2.75, 3.05) is 19.8 Å². The Morgan fingerprint density at radius 3 is 2.73 bits per heavy atom. The maximum Gasteiger partial charge on any atom is 0.168 e. The molecule has 0 amide bonds. The lowest BCUT2D eigenvalue weighted by Gasteiger charge is -2.08. The molecule has 1 rings (SSSR count). The number of ether oxygens (including phenoxy) is 2. The lowest BCUT2D eigenvalue weighted by atomic mass is 10.3. The lowest BCUT2D eigenvalue weighted by Crippen LogP contribution is -2.06. The van der Waals surface area contributed by atoms with Gasteiger partial charge in [-0.05, 0) is 32.0 Å². The van der Waals surface area contributed by atoms with Crippen molar-refractivity contribution in [3.05, 3.63) is 24.0 Å². The van der Waals surface area contributed by atoms with Crippen molar-refractivity contribution in [3.63, 3.8) is 0 Å². The fourth-order valence-electron chi connectivity index (χ4n) is 1.12. The molecular formula is C11H16FNO2. The minimum atomic E-state index is -0.401. The molecule has 0 spiro atoms. The van der Waals surface area contributed by atoms with Gasteiger partial charge >= 0.3 is 0 Å². The van der Waals surface area contributed by atoms with E-state index in [2.05, 4.69) is 0 Å². The quantitative estimate of drug-likeness (QED) is 0.734. The van der Waals surface area contributed by atoms with Crippen LogP contribution in [0.5, 0.6) is 11.5 Å². The molecule has 0 atom stereocenters. The average molecular weight is 213 g/mol. The van der Waals surface area contributed by atoms with Gasteiger partial charge in [-0.1, -0.05) is 0 Å². The molecule has 0 bridgehead atoms. The first kappa shape index (κ1) is 11.8. The summed E-state index contributed by atoms with van der Waals surface area (Å²) in [5.41, 5.74) is 5.31. The van der Waals surface area contributed by atoms with Gasteiger partial charge in [-0.3, -0.25) is 0 Å². The van der Waals surface area contributed by atoms with Gasteiger partial charge in [0.15, 0.2) is 11.6 Å². The Kier molecular flexibility index (Phi) is 4.90. The molecule has 15 heavy (non-hydrogen) atoms. The largest absolute Gasteiger partial charge is 0.493 e. The van der Waals surface area contributed by atoms with Crippen molar-refractivity contribution in [1.29, 1.82) is 0 Å². The number of halogens is 1. The van der Waals surface area contributed by atoms with Crippen LogP contribution in [0.4, 0.5) is 4.39 Å². The van der Waals surface area contributed by atoms with E-state index in [4.69, 9.17) is 15.2 Å². The zero-order valence-corrected chi connectivity index (χ0v) is 8.83. The van der Waals surface area contributed by atoms with E-state index in [9.17, 15) is 4.39 Å². The van der Waals surface area contributed by atoms with Crippen molar-refractivity contribution in [1.82, 2.24) is 0 Å². The van der Waals surface area contributed by atoms with E-state index in [1.54, 1.807) is 12.1 Å². The standard InChI is InChI=1S/C11H16FNO2/c1-2-14-11-5-4-9(8-10(11)12)15-7-3-6-13/h4-5,8H,2-3,6-7,13H2,1H3. The van der Waals surface area contributed by atoms with Crippen molar-refractivity contribution < 1.29 is 13.9 Å². The summed E-state index contributed by atoms with van der Waals surface area (Å²) in [6, 6.07) is 4.57. The predicted molar refractivity (Wildman–Crippen MR) is 56.7 cm³/mol. The minimum absolute atomic E-state index is 0.253. The van der Waals surface area contributed by atoms with Crippen molar-refractivity contribution in [3.8, 4) is 11.5 Å². The monoisotopic (exact) mass is 213 g/mol. The normalized spacial score (nSPS) is 10.1. The van der Waals surface area contributed by atoms with E-state index in [1.165, 1.54) is 6.07 Å². The first-order valence-electron chi connectivity index (χ1n) is 5.03. The summed E-state index contributed by atoms with van der Waals surface area (Å²) in [6.07, 6.45) is 0.759. The first-order chi connectivity index (χ1) is 7.27. The van der Waals surface area contributed by atoms with Crippen molar-refractivity contribution in [2.24, 2.45) is 5.73 Å². The van der Waals surface area contributed by atoms with Crippen LogP contribution in [-0.4, -0.2) is 19.8 Å². The molecular weight excluding hydrogens is 197 g/mol. The number of hydrogen-bond donors (Lipinski definition) is 1. The molecule has 0 fully saturated rings. The molecule has 0 heterocycles. The van der Waals surface area contributed by atoms with E-state index < -0.39 is 5.82 Å². The Bertz CT molecular complexity index is 305. The Morgan fingerprint density at radius 1 is 1.33 bits per heavy atom. The zero-order valence-electron chi connectivity index (χ0n) is 8.83. The highest BCUT2D eigenvalue weighted by molar-refractivity contribution is 5.33. The molecule has 0 radical (unpaired) electrons. The van der Waals surface area contributed by atoms with Crippen molar-refractivity contribution >= 4 is 0 Å². The van der Waals surface area contributed by atoms with Crippen LogP contribution >= 0.6 is 0 Å². The minimum Gasteiger partial charge on any atom is -0.493 e. The molecule has 0 aliphatic carbocycles. The molecule has 2 N–H and O–H groups in total. The number of benzene rings is 1. The van der Waals surface area contributed by atoms with Crippen LogP contribution in [0.3, 0.4) is 0 Å². The summed E-state index contributed by atoms with van der Waals surface area (Å²) in [5.74, 6) is 0.357. The number of rotatable bonds is 6. The van der Waals surface area contributed by atoms with Crippen LogP contribution < -0.4 is 15.2 Å². The lowest BCUT2D eigenvalue weighted by molar-refractivity contribution is 0.302. The smallest absolute Gasteiger partial charge is 0.168 e. The van der Waals surface area contributed by atoms with Gasteiger partial charge in [0.25, 0.3) is 0 Å². The highest BCUT2D eigenvalue weighted by Crippen LogP contribution is 2.22. The Hall–Kier alpha value is -1.29. The molecule has 3 nitrogen and oxygen atoms in total. The second-order valence-electron chi connectivity index (χ2n) is 3.02. The first-order valence-corrected chi connectivity index (χ1v) is 5.03. The average Bonchev–Trinajstić information content (AvgIpc) is 2.23. The second-order valence-corrected chi connectivity index (χ2v) is 3.02. The van der Waals surface area contributed by atoms with E-state index in [-0.39, 0.29) is 5.75 Å². The molecule has 84 valence electrons. The molecule has 4 heteroatoms. The van der Waals surface area contributed by atoms with Gasteiger partial charge in [-0.2, -0.15) is 0 Å². The third-order valence-electron chi connectivity index (χ3n) is 1.82. The molecule has 0 unspecified atom stereocenters. The van der Waals surface area contributed by atoms with Crippen molar-refractivity contribution in [2.45, 2.75) is 13.3 Å². The van der Waals surface area contributed by atoms with Crippen LogP contribution in [-0.2, 0) is 0 Å². The number of nitrogens with two attached hydrogens (primary N) is 1.